The van der Waals surface area contributed by atoms with Crippen molar-refractivity contribution in [3.05, 3.63) is 18.2 Å². The number of likely N-dealkylation sites (tertiary alicyclic amines) is 1. The number of nitrogens with two attached hydrogens (primary N) is 1. The summed E-state index contributed by atoms with van der Waals surface area (Å²) in [4.78, 5) is 69.1. The first-order valence-electron chi connectivity index (χ1n) is 10.7. The summed E-state index contributed by atoms with van der Waals surface area (Å²) in [6.07, 6.45) is 5.10. The summed E-state index contributed by atoms with van der Waals surface area (Å²) in [5.74, 6) is -4.05. The van der Waals surface area contributed by atoms with Crippen LogP contribution in [-0.4, -0.2) is 97.5 Å². The molecule has 14 heteroatoms. The molecule has 7 N–H and O–H groups in total. The lowest BCUT2D eigenvalue weighted by molar-refractivity contribution is -0.144. The van der Waals surface area contributed by atoms with Crippen LogP contribution in [0.5, 0.6) is 0 Å². The van der Waals surface area contributed by atoms with Gasteiger partial charge in [-0.15, -0.1) is 0 Å². The Bertz CT molecular complexity index is 881. The Labute approximate surface area is 200 Å². The van der Waals surface area contributed by atoms with Gasteiger partial charge in [-0.05, 0) is 31.3 Å². The van der Waals surface area contributed by atoms with Crippen LogP contribution < -0.4 is 16.4 Å². The number of aromatic amines is 1. The van der Waals surface area contributed by atoms with Gasteiger partial charge in [0.2, 0.25) is 17.7 Å². The zero-order chi connectivity index (χ0) is 25.3. The first-order chi connectivity index (χ1) is 16.1. The van der Waals surface area contributed by atoms with Gasteiger partial charge in [-0.1, -0.05) is 0 Å². The number of imidazole rings is 1. The number of carboxylic acids is 2. The molecule has 0 spiro atoms. The summed E-state index contributed by atoms with van der Waals surface area (Å²) in [6.45, 7) is 0.324. The lowest BCUT2D eigenvalue weighted by atomic mass is 10.1. The van der Waals surface area contributed by atoms with Crippen LogP contribution in [-0.2, 0) is 30.4 Å². The predicted molar refractivity (Wildman–Crippen MR) is 122 cm³/mol. The van der Waals surface area contributed by atoms with E-state index in [-0.39, 0.29) is 12.3 Å². The van der Waals surface area contributed by atoms with E-state index in [0.717, 1.165) is 0 Å². The Morgan fingerprint density at radius 2 is 2.00 bits per heavy atom. The molecular formula is C20H30N6O7S. The standard InChI is InChI=1S/C20H30N6O7S/c1-34-6-4-12(21)19(31)26-5-2-3-15(26)18(30)24-13(8-16(27)28)17(29)25-14(20(32)33)7-11-9-22-10-23-11/h9-10,12-15H,2-8,21H2,1H3,(H,22,23)(H,24,30)(H,25,29)(H,27,28)(H,32,33). The topological polar surface area (TPSA) is 208 Å². The molecule has 1 saturated heterocycles. The summed E-state index contributed by atoms with van der Waals surface area (Å²) in [6, 6.07) is -4.56. The predicted octanol–water partition coefficient (Wildman–Crippen LogP) is -1.45. The van der Waals surface area contributed by atoms with Gasteiger partial charge in [-0.25, -0.2) is 9.78 Å². The van der Waals surface area contributed by atoms with E-state index in [1.54, 1.807) is 11.8 Å². The van der Waals surface area contributed by atoms with Crippen LogP contribution in [0.1, 0.15) is 31.4 Å². The molecule has 4 unspecified atom stereocenters. The fourth-order valence-corrected chi connectivity index (χ4v) is 4.11. The van der Waals surface area contributed by atoms with Gasteiger partial charge in [0, 0.05) is 24.9 Å². The Hall–Kier alpha value is -3.13. The number of carbonyl (C=O) groups excluding carboxylic acids is 3. The minimum atomic E-state index is -1.53. The van der Waals surface area contributed by atoms with Crippen LogP contribution in [0.4, 0.5) is 0 Å². The van der Waals surface area contributed by atoms with Crippen molar-refractivity contribution in [2.45, 2.75) is 56.3 Å². The summed E-state index contributed by atoms with van der Waals surface area (Å²) >= 11 is 1.54. The molecule has 0 radical (unpaired) electrons. The van der Waals surface area contributed by atoms with Crippen molar-refractivity contribution in [2.24, 2.45) is 5.73 Å². The average molecular weight is 499 g/mol. The maximum Gasteiger partial charge on any atom is 0.326 e. The minimum Gasteiger partial charge on any atom is -0.481 e. The molecule has 2 rings (SSSR count). The Kier molecular flexibility index (Phi) is 10.3. The SMILES string of the molecule is CSCCC(N)C(=O)N1CCCC1C(=O)NC(CC(=O)O)C(=O)NC(Cc1cnc[nH]1)C(=O)O. The third-order valence-electron chi connectivity index (χ3n) is 5.39. The fourth-order valence-electron chi connectivity index (χ4n) is 3.62. The Morgan fingerprint density at radius 1 is 1.26 bits per heavy atom. The quantitative estimate of drug-likeness (QED) is 0.186. The number of carbonyl (C=O) groups is 5. The number of H-pyrrole nitrogens is 1. The molecule has 1 aromatic rings. The maximum atomic E-state index is 12.9. The van der Waals surface area contributed by atoms with Crippen molar-refractivity contribution < 1.29 is 34.2 Å². The smallest absolute Gasteiger partial charge is 0.326 e. The van der Waals surface area contributed by atoms with Crippen molar-refractivity contribution >= 4 is 41.4 Å². The zero-order valence-corrected chi connectivity index (χ0v) is 19.5. The van der Waals surface area contributed by atoms with Crippen LogP contribution in [0, 0.1) is 0 Å². The van der Waals surface area contributed by atoms with E-state index in [0.29, 0.717) is 37.3 Å². The van der Waals surface area contributed by atoms with Gasteiger partial charge in [0.05, 0.1) is 18.8 Å². The van der Waals surface area contributed by atoms with Crippen molar-refractivity contribution in [3.63, 3.8) is 0 Å². The largest absolute Gasteiger partial charge is 0.481 e. The highest BCUT2D eigenvalue weighted by Gasteiger charge is 2.38. The molecule has 13 nitrogen and oxygen atoms in total. The third-order valence-corrected chi connectivity index (χ3v) is 6.04. The normalized spacial score (nSPS) is 18.1. The number of rotatable bonds is 13. The summed E-state index contributed by atoms with van der Waals surface area (Å²) in [5, 5.41) is 23.3. The van der Waals surface area contributed by atoms with Crippen LogP contribution >= 0.6 is 11.8 Å². The van der Waals surface area contributed by atoms with Gasteiger partial charge in [0.25, 0.3) is 0 Å². The summed E-state index contributed by atoms with van der Waals surface area (Å²) in [7, 11) is 0. The molecule has 1 aliphatic heterocycles. The van der Waals surface area contributed by atoms with Crippen molar-refractivity contribution in [2.75, 3.05) is 18.6 Å². The molecule has 0 bridgehead atoms. The van der Waals surface area contributed by atoms with E-state index in [2.05, 4.69) is 20.6 Å². The van der Waals surface area contributed by atoms with Gasteiger partial charge >= 0.3 is 11.9 Å². The Balaban J connectivity index is 2.08. The Morgan fingerprint density at radius 3 is 2.59 bits per heavy atom. The third kappa shape index (κ3) is 7.73. The monoisotopic (exact) mass is 498 g/mol. The van der Waals surface area contributed by atoms with Gasteiger partial charge < -0.3 is 36.5 Å². The molecule has 2 heterocycles. The molecule has 0 aliphatic carbocycles. The lowest BCUT2D eigenvalue weighted by Crippen LogP contribution is -2.57. The van der Waals surface area contributed by atoms with E-state index in [4.69, 9.17) is 5.73 Å². The lowest BCUT2D eigenvalue weighted by Gasteiger charge is -2.28. The highest BCUT2D eigenvalue weighted by Crippen LogP contribution is 2.19. The first kappa shape index (κ1) is 27.1. The molecule has 1 aromatic heterocycles. The van der Waals surface area contributed by atoms with E-state index < -0.39 is 54.3 Å². The van der Waals surface area contributed by atoms with Gasteiger partial charge in [0.1, 0.15) is 18.1 Å². The first-order valence-corrected chi connectivity index (χ1v) is 12.1. The number of aliphatic carboxylic acids is 2. The second kappa shape index (κ2) is 12.9. The van der Waals surface area contributed by atoms with E-state index in [1.165, 1.54) is 17.4 Å². The average Bonchev–Trinajstić information content (AvgIpc) is 3.47. The van der Waals surface area contributed by atoms with Gasteiger partial charge in [0.15, 0.2) is 0 Å². The molecule has 1 aliphatic rings. The number of amides is 3. The van der Waals surface area contributed by atoms with Crippen molar-refractivity contribution in [1.29, 1.82) is 0 Å². The number of aromatic nitrogens is 2. The van der Waals surface area contributed by atoms with Crippen molar-refractivity contribution in [1.82, 2.24) is 25.5 Å². The number of thioether (sulfide) groups is 1. The number of nitrogens with one attached hydrogen (secondary N) is 3. The fraction of sp³-hybridized carbons (Fsp3) is 0.600. The number of carboxylic acid groups (broad SMARTS) is 2. The second-order valence-corrected chi connectivity index (χ2v) is 8.90. The minimum absolute atomic E-state index is 0.117. The summed E-state index contributed by atoms with van der Waals surface area (Å²) < 4.78 is 0. The molecular weight excluding hydrogens is 468 g/mol. The molecule has 188 valence electrons. The van der Waals surface area contributed by atoms with E-state index in [9.17, 15) is 34.2 Å². The van der Waals surface area contributed by atoms with E-state index >= 15 is 0 Å². The highest BCUT2D eigenvalue weighted by atomic mass is 32.2. The number of hydrogen-bond acceptors (Lipinski definition) is 8. The van der Waals surface area contributed by atoms with Crippen LogP contribution in [0.25, 0.3) is 0 Å². The van der Waals surface area contributed by atoms with Crippen LogP contribution in [0.3, 0.4) is 0 Å². The summed E-state index contributed by atoms with van der Waals surface area (Å²) in [5.41, 5.74) is 6.41. The molecule has 3 amide bonds. The molecule has 1 fully saturated rings. The highest BCUT2D eigenvalue weighted by molar-refractivity contribution is 7.98. The van der Waals surface area contributed by atoms with E-state index in [1.807, 2.05) is 6.26 Å². The second-order valence-electron chi connectivity index (χ2n) is 7.92. The van der Waals surface area contributed by atoms with Crippen molar-refractivity contribution in [3.8, 4) is 0 Å². The van der Waals surface area contributed by atoms with Gasteiger partial charge in [-0.3, -0.25) is 19.2 Å². The maximum absolute atomic E-state index is 12.9. The van der Waals surface area contributed by atoms with Gasteiger partial charge in [-0.2, -0.15) is 11.8 Å². The van der Waals surface area contributed by atoms with Crippen LogP contribution in [0.15, 0.2) is 12.5 Å². The molecule has 4 atom stereocenters. The molecule has 0 aromatic carbocycles. The number of nitrogens with zero attached hydrogens (tertiary/aromatic N) is 2. The number of hydrogen-bond donors (Lipinski definition) is 6. The van der Waals surface area contributed by atoms with Crippen LogP contribution in [0.2, 0.25) is 0 Å². The zero-order valence-electron chi connectivity index (χ0n) is 18.7. The molecule has 34 heavy (non-hydrogen) atoms. The molecule has 0 saturated carbocycles.